The number of hydrazine groups is 1. The average Bonchev–Trinajstić information content (AvgIpc) is 2.85. The van der Waals surface area contributed by atoms with Crippen molar-refractivity contribution < 1.29 is 0 Å². The third-order valence-electron chi connectivity index (χ3n) is 2.86. The van der Waals surface area contributed by atoms with E-state index in [-0.39, 0.29) is 0 Å². The smallest absolute Gasteiger partial charge is 0.184 e. The van der Waals surface area contributed by atoms with Crippen LogP contribution in [0.15, 0.2) is 24.3 Å². The Hall–Kier alpha value is -1.17. The number of thiazole rings is 1. The number of anilines is 1. The van der Waals surface area contributed by atoms with Crippen molar-refractivity contribution in [2.75, 3.05) is 11.9 Å². The molecule has 1 aliphatic rings. The van der Waals surface area contributed by atoms with Crippen LogP contribution in [-0.2, 0) is 0 Å². The maximum absolute atomic E-state index is 4.56. The molecular weight excluding hydrogens is 220 g/mol. The molecule has 2 heterocycles. The maximum atomic E-state index is 4.56. The van der Waals surface area contributed by atoms with Gasteiger partial charge in [0.15, 0.2) is 5.13 Å². The highest BCUT2D eigenvalue weighted by atomic mass is 32.1. The predicted molar refractivity (Wildman–Crippen MR) is 67.6 cm³/mol. The van der Waals surface area contributed by atoms with Crippen LogP contribution < -0.4 is 16.2 Å². The van der Waals surface area contributed by atoms with Gasteiger partial charge in [0.05, 0.1) is 16.3 Å². The molecule has 0 saturated carbocycles. The van der Waals surface area contributed by atoms with Crippen molar-refractivity contribution in [1.82, 2.24) is 15.8 Å². The molecule has 2 aromatic rings. The molecule has 1 aromatic carbocycles. The minimum absolute atomic E-state index is 0.403. The predicted octanol–water partition coefficient (Wildman–Crippen LogP) is 1.57. The Bertz CT molecular complexity index is 462. The molecule has 0 aliphatic carbocycles. The number of hydrogen-bond acceptors (Lipinski definition) is 5. The van der Waals surface area contributed by atoms with E-state index in [1.165, 1.54) is 4.70 Å². The fraction of sp³-hybridized carbons (Fsp3) is 0.364. The van der Waals surface area contributed by atoms with Gasteiger partial charge in [-0.05, 0) is 19.1 Å². The van der Waals surface area contributed by atoms with Crippen LogP contribution in [0.5, 0.6) is 0 Å². The molecule has 4 nitrogen and oxygen atoms in total. The lowest BCUT2D eigenvalue weighted by atomic mass is 10.2. The number of fused-ring (bicyclic) bond motifs is 1. The van der Waals surface area contributed by atoms with Gasteiger partial charge in [0, 0.05) is 12.6 Å². The zero-order chi connectivity index (χ0) is 11.0. The zero-order valence-electron chi connectivity index (χ0n) is 9.03. The maximum Gasteiger partial charge on any atom is 0.184 e. The van der Waals surface area contributed by atoms with E-state index in [2.05, 4.69) is 34.1 Å². The third-order valence-corrected chi connectivity index (χ3v) is 3.83. The zero-order valence-corrected chi connectivity index (χ0v) is 9.84. The van der Waals surface area contributed by atoms with Gasteiger partial charge in [-0.1, -0.05) is 23.5 Å². The minimum Gasteiger partial charge on any atom is -0.356 e. The van der Waals surface area contributed by atoms with Gasteiger partial charge in [-0.15, -0.1) is 0 Å². The first-order valence-corrected chi connectivity index (χ1v) is 6.25. The second-order valence-corrected chi connectivity index (χ2v) is 5.08. The van der Waals surface area contributed by atoms with Crippen molar-refractivity contribution in [2.45, 2.75) is 19.0 Å². The van der Waals surface area contributed by atoms with Crippen LogP contribution in [0.2, 0.25) is 0 Å². The number of hydrogen-bond donors (Lipinski definition) is 3. The molecular formula is C11H14N4S. The van der Waals surface area contributed by atoms with E-state index in [1.807, 2.05) is 18.2 Å². The molecule has 3 N–H and O–H groups in total. The lowest BCUT2D eigenvalue weighted by molar-refractivity contribution is 0.578. The molecule has 0 radical (unpaired) electrons. The minimum atomic E-state index is 0.403. The molecule has 0 amide bonds. The first kappa shape index (κ1) is 10.0. The Balaban J connectivity index is 1.83. The SMILES string of the molecule is CC1NNCC1Nc1nc2ccccc2s1. The fourth-order valence-electron chi connectivity index (χ4n) is 1.88. The van der Waals surface area contributed by atoms with Gasteiger partial charge in [0.1, 0.15) is 0 Å². The van der Waals surface area contributed by atoms with Crippen molar-refractivity contribution >= 4 is 26.7 Å². The van der Waals surface area contributed by atoms with Gasteiger partial charge in [-0.2, -0.15) is 0 Å². The summed E-state index contributed by atoms with van der Waals surface area (Å²) >= 11 is 1.71. The monoisotopic (exact) mass is 234 g/mol. The average molecular weight is 234 g/mol. The van der Waals surface area contributed by atoms with E-state index < -0.39 is 0 Å². The number of nitrogens with zero attached hydrogens (tertiary/aromatic N) is 1. The number of para-hydroxylation sites is 1. The van der Waals surface area contributed by atoms with E-state index in [1.54, 1.807) is 11.3 Å². The molecule has 1 aromatic heterocycles. The number of nitrogens with one attached hydrogen (secondary N) is 3. The molecule has 84 valence electrons. The molecule has 3 rings (SSSR count). The van der Waals surface area contributed by atoms with Gasteiger partial charge in [-0.3, -0.25) is 10.9 Å². The summed E-state index contributed by atoms with van der Waals surface area (Å²) in [4.78, 5) is 4.56. The Kier molecular flexibility index (Phi) is 2.51. The second kappa shape index (κ2) is 4.01. The third kappa shape index (κ3) is 1.77. The van der Waals surface area contributed by atoms with E-state index in [9.17, 15) is 0 Å². The number of rotatable bonds is 2. The highest BCUT2D eigenvalue weighted by molar-refractivity contribution is 7.22. The van der Waals surface area contributed by atoms with Crippen molar-refractivity contribution in [3.63, 3.8) is 0 Å². The van der Waals surface area contributed by atoms with Gasteiger partial charge in [0.25, 0.3) is 0 Å². The lowest BCUT2D eigenvalue weighted by Crippen LogP contribution is -2.34. The highest BCUT2D eigenvalue weighted by Gasteiger charge is 2.23. The van der Waals surface area contributed by atoms with Crippen molar-refractivity contribution in [3.8, 4) is 0 Å². The van der Waals surface area contributed by atoms with E-state index in [0.29, 0.717) is 12.1 Å². The Morgan fingerprint density at radius 3 is 3.06 bits per heavy atom. The van der Waals surface area contributed by atoms with E-state index in [4.69, 9.17) is 0 Å². The largest absolute Gasteiger partial charge is 0.356 e. The molecule has 1 saturated heterocycles. The summed E-state index contributed by atoms with van der Waals surface area (Å²) in [5, 5.41) is 4.47. The standard InChI is InChI=1S/C11H14N4S/c1-7-9(6-12-15-7)14-11-13-8-4-2-3-5-10(8)16-11/h2-5,7,9,12,15H,6H2,1H3,(H,13,14). The second-order valence-electron chi connectivity index (χ2n) is 4.05. The van der Waals surface area contributed by atoms with Crippen LogP contribution in [0, 0.1) is 0 Å². The van der Waals surface area contributed by atoms with E-state index in [0.717, 1.165) is 17.2 Å². The fourth-order valence-corrected chi connectivity index (χ4v) is 2.80. The van der Waals surface area contributed by atoms with Crippen molar-refractivity contribution in [3.05, 3.63) is 24.3 Å². The molecule has 1 fully saturated rings. The van der Waals surface area contributed by atoms with Crippen LogP contribution >= 0.6 is 11.3 Å². The van der Waals surface area contributed by atoms with Gasteiger partial charge >= 0.3 is 0 Å². The molecule has 2 unspecified atom stereocenters. The summed E-state index contributed by atoms with van der Waals surface area (Å²) in [6.07, 6.45) is 0. The summed E-state index contributed by atoms with van der Waals surface area (Å²) in [5.41, 5.74) is 7.40. The van der Waals surface area contributed by atoms with Crippen LogP contribution in [0.1, 0.15) is 6.92 Å². The van der Waals surface area contributed by atoms with E-state index >= 15 is 0 Å². The van der Waals surface area contributed by atoms with Crippen LogP contribution in [0.3, 0.4) is 0 Å². The molecule has 0 spiro atoms. The highest BCUT2D eigenvalue weighted by Crippen LogP contribution is 2.26. The summed E-state index contributed by atoms with van der Waals surface area (Å²) in [6, 6.07) is 9.05. The quantitative estimate of drug-likeness (QED) is 0.738. The Labute approximate surface area is 98.0 Å². The van der Waals surface area contributed by atoms with Crippen molar-refractivity contribution in [1.29, 1.82) is 0 Å². The first-order valence-electron chi connectivity index (χ1n) is 5.43. The Morgan fingerprint density at radius 2 is 2.31 bits per heavy atom. The normalized spacial score (nSPS) is 25.1. The van der Waals surface area contributed by atoms with Crippen LogP contribution in [0.25, 0.3) is 10.2 Å². The van der Waals surface area contributed by atoms with Crippen LogP contribution in [0.4, 0.5) is 5.13 Å². The van der Waals surface area contributed by atoms with Crippen LogP contribution in [-0.4, -0.2) is 23.6 Å². The molecule has 0 bridgehead atoms. The van der Waals surface area contributed by atoms with Gasteiger partial charge in [-0.25, -0.2) is 4.98 Å². The summed E-state index contributed by atoms with van der Waals surface area (Å²) in [7, 11) is 0. The molecule has 2 atom stereocenters. The lowest BCUT2D eigenvalue weighted by Gasteiger charge is -2.14. The number of aromatic nitrogens is 1. The summed E-state index contributed by atoms with van der Waals surface area (Å²) in [5.74, 6) is 0. The first-order chi connectivity index (χ1) is 7.83. The summed E-state index contributed by atoms with van der Waals surface area (Å²) < 4.78 is 1.23. The van der Waals surface area contributed by atoms with Crippen molar-refractivity contribution in [2.24, 2.45) is 0 Å². The van der Waals surface area contributed by atoms with Gasteiger partial charge < -0.3 is 5.32 Å². The number of benzene rings is 1. The Morgan fingerprint density at radius 1 is 1.44 bits per heavy atom. The molecule has 1 aliphatic heterocycles. The topological polar surface area (TPSA) is 49.0 Å². The molecule has 5 heteroatoms. The molecule has 16 heavy (non-hydrogen) atoms. The van der Waals surface area contributed by atoms with Gasteiger partial charge in [0.2, 0.25) is 0 Å². The summed E-state index contributed by atoms with van der Waals surface area (Å²) in [6.45, 7) is 3.09.